The lowest BCUT2D eigenvalue weighted by atomic mass is 10.1. The van der Waals surface area contributed by atoms with Gasteiger partial charge in [0.05, 0.1) is 13.2 Å². The van der Waals surface area contributed by atoms with Gasteiger partial charge in [-0.05, 0) is 29.7 Å². The number of ether oxygens (including phenoxy) is 2. The number of hydrogen-bond donors (Lipinski definition) is 0. The highest BCUT2D eigenvalue weighted by atomic mass is 32.1. The summed E-state index contributed by atoms with van der Waals surface area (Å²) < 4.78 is 14.7. The minimum atomic E-state index is -0.153. The molecule has 0 fully saturated rings. The Labute approximate surface area is 108 Å². The second kappa shape index (κ2) is 4.73. The molecule has 0 saturated heterocycles. The number of benzene rings is 1. The third kappa shape index (κ3) is 2.06. The van der Waals surface area contributed by atoms with Crippen LogP contribution < -0.4 is 9.47 Å². The number of nitrogens with zero attached hydrogens (tertiary/aromatic N) is 2. The van der Waals surface area contributed by atoms with E-state index in [0.29, 0.717) is 36.0 Å². The maximum absolute atomic E-state index is 12.1. The van der Waals surface area contributed by atoms with E-state index < -0.39 is 0 Å². The maximum atomic E-state index is 12.1. The lowest BCUT2D eigenvalue weighted by molar-refractivity contribution is 0.103. The molecule has 1 aromatic heterocycles. The molecule has 1 aromatic carbocycles. The molecule has 0 N–H and O–H groups in total. The first-order chi connectivity index (χ1) is 8.84. The Bertz CT molecular complexity index is 569. The van der Waals surface area contributed by atoms with Gasteiger partial charge in [-0.25, -0.2) is 0 Å². The third-order valence-electron chi connectivity index (χ3n) is 2.60. The normalized spacial score (nSPS) is 14.0. The fraction of sp³-hybridized carbons (Fsp3) is 0.250. The van der Waals surface area contributed by atoms with Crippen molar-refractivity contribution < 1.29 is 14.3 Å². The summed E-state index contributed by atoms with van der Waals surface area (Å²) in [6, 6.07) is 5.17. The van der Waals surface area contributed by atoms with E-state index in [0.717, 1.165) is 18.0 Å². The summed E-state index contributed by atoms with van der Waals surface area (Å²) in [5.74, 6) is 1.14. The topological polar surface area (TPSA) is 61.3 Å². The van der Waals surface area contributed by atoms with E-state index in [2.05, 4.69) is 9.59 Å². The van der Waals surface area contributed by atoms with Crippen molar-refractivity contribution in [2.75, 3.05) is 13.2 Å². The number of aromatic nitrogens is 2. The summed E-state index contributed by atoms with van der Waals surface area (Å²) in [7, 11) is 0. The maximum Gasteiger partial charge on any atom is 0.214 e. The van der Waals surface area contributed by atoms with E-state index >= 15 is 0 Å². The second-order valence-corrected chi connectivity index (χ2v) is 4.44. The van der Waals surface area contributed by atoms with Crippen LogP contribution in [0, 0.1) is 0 Å². The predicted octanol–water partition coefficient (Wildman–Crippen LogP) is 1.93. The van der Waals surface area contributed by atoms with Crippen LogP contribution in [0.1, 0.15) is 22.5 Å². The Morgan fingerprint density at radius 2 is 2.06 bits per heavy atom. The van der Waals surface area contributed by atoms with E-state index in [9.17, 15) is 4.79 Å². The Balaban J connectivity index is 1.94. The Kier molecular flexibility index (Phi) is 2.93. The summed E-state index contributed by atoms with van der Waals surface area (Å²) in [4.78, 5) is 12.1. The molecule has 18 heavy (non-hydrogen) atoms. The van der Waals surface area contributed by atoms with Crippen LogP contribution in [0.25, 0.3) is 0 Å². The molecule has 0 aliphatic carbocycles. The largest absolute Gasteiger partial charge is 0.490 e. The third-order valence-corrected chi connectivity index (χ3v) is 3.11. The van der Waals surface area contributed by atoms with Crippen molar-refractivity contribution in [3.63, 3.8) is 0 Å². The molecule has 1 aliphatic rings. The standard InChI is InChI=1S/C12H10N2O3S/c15-12(9-7-18-14-13-9)8-2-3-10-11(6-8)17-5-1-4-16-10/h2-3,6-7H,1,4-5H2. The zero-order valence-corrected chi connectivity index (χ0v) is 10.3. The molecule has 0 unspecified atom stereocenters. The summed E-state index contributed by atoms with van der Waals surface area (Å²) in [6.45, 7) is 1.24. The van der Waals surface area contributed by atoms with Gasteiger partial charge in [-0.2, -0.15) is 0 Å². The molecule has 0 bridgehead atoms. The molecule has 2 aromatic rings. The van der Waals surface area contributed by atoms with Crippen molar-refractivity contribution in [2.45, 2.75) is 6.42 Å². The Morgan fingerprint density at radius 3 is 2.83 bits per heavy atom. The lowest BCUT2D eigenvalue weighted by Gasteiger charge is -2.07. The van der Waals surface area contributed by atoms with Crippen molar-refractivity contribution in [3.05, 3.63) is 34.8 Å². The highest BCUT2D eigenvalue weighted by Gasteiger charge is 2.16. The Hall–Kier alpha value is -1.95. The van der Waals surface area contributed by atoms with Crippen molar-refractivity contribution in [2.24, 2.45) is 0 Å². The smallest absolute Gasteiger partial charge is 0.214 e. The number of hydrogen-bond acceptors (Lipinski definition) is 6. The molecule has 1 aliphatic heterocycles. The highest BCUT2D eigenvalue weighted by molar-refractivity contribution is 7.03. The van der Waals surface area contributed by atoms with Crippen molar-refractivity contribution in [1.29, 1.82) is 0 Å². The molecule has 0 atom stereocenters. The molecule has 2 heterocycles. The molecular weight excluding hydrogens is 252 g/mol. The van der Waals surface area contributed by atoms with E-state index in [1.54, 1.807) is 23.6 Å². The minimum absolute atomic E-state index is 0.153. The van der Waals surface area contributed by atoms with Gasteiger partial charge in [0.15, 0.2) is 11.5 Å². The number of rotatable bonds is 2. The first kappa shape index (κ1) is 11.2. The Morgan fingerprint density at radius 1 is 1.22 bits per heavy atom. The van der Waals surface area contributed by atoms with E-state index in [-0.39, 0.29) is 5.78 Å². The number of fused-ring (bicyclic) bond motifs is 1. The van der Waals surface area contributed by atoms with Crippen molar-refractivity contribution in [1.82, 2.24) is 9.59 Å². The monoisotopic (exact) mass is 262 g/mol. The van der Waals surface area contributed by atoms with Crippen LogP contribution in [0.2, 0.25) is 0 Å². The van der Waals surface area contributed by atoms with E-state index in [4.69, 9.17) is 9.47 Å². The summed E-state index contributed by atoms with van der Waals surface area (Å²) in [6.07, 6.45) is 0.841. The number of ketones is 1. The van der Waals surface area contributed by atoms with E-state index in [1.807, 2.05) is 0 Å². The van der Waals surface area contributed by atoms with Gasteiger partial charge in [0, 0.05) is 17.4 Å². The van der Waals surface area contributed by atoms with Gasteiger partial charge in [-0.3, -0.25) is 4.79 Å². The van der Waals surface area contributed by atoms with Crippen LogP contribution in [-0.2, 0) is 0 Å². The lowest BCUT2D eigenvalue weighted by Crippen LogP contribution is -2.03. The second-order valence-electron chi connectivity index (χ2n) is 3.83. The molecule has 0 radical (unpaired) electrons. The van der Waals surface area contributed by atoms with Crippen LogP contribution in [0.15, 0.2) is 23.6 Å². The fourth-order valence-corrected chi connectivity index (χ4v) is 2.15. The van der Waals surface area contributed by atoms with Gasteiger partial charge in [0.1, 0.15) is 5.69 Å². The molecular formula is C12H10N2O3S. The first-order valence-electron chi connectivity index (χ1n) is 5.56. The van der Waals surface area contributed by atoms with Gasteiger partial charge in [0.2, 0.25) is 5.78 Å². The SMILES string of the molecule is O=C(c1ccc2c(c1)OCCCO2)c1csnn1. The number of carbonyl (C=O) groups excluding carboxylic acids is 1. The van der Waals surface area contributed by atoms with Crippen molar-refractivity contribution >= 4 is 17.3 Å². The molecule has 3 rings (SSSR count). The van der Waals surface area contributed by atoms with Crippen LogP contribution in [-0.4, -0.2) is 28.6 Å². The number of carbonyl (C=O) groups is 1. The van der Waals surface area contributed by atoms with Gasteiger partial charge in [-0.15, -0.1) is 5.10 Å². The fourth-order valence-electron chi connectivity index (χ4n) is 1.72. The van der Waals surface area contributed by atoms with Crippen LogP contribution in [0.3, 0.4) is 0 Å². The average molecular weight is 262 g/mol. The molecule has 0 spiro atoms. The summed E-state index contributed by atoms with van der Waals surface area (Å²) in [5, 5.41) is 5.40. The van der Waals surface area contributed by atoms with Gasteiger partial charge >= 0.3 is 0 Å². The van der Waals surface area contributed by atoms with Gasteiger partial charge in [-0.1, -0.05) is 4.49 Å². The van der Waals surface area contributed by atoms with E-state index in [1.165, 1.54) is 0 Å². The van der Waals surface area contributed by atoms with Crippen LogP contribution in [0.4, 0.5) is 0 Å². The zero-order valence-electron chi connectivity index (χ0n) is 9.46. The summed E-state index contributed by atoms with van der Waals surface area (Å²) >= 11 is 1.16. The molecule has 6 heteroatoms. The summed E-state index contributed by atoms with van der Waals surface area (Å²) in [5.41, 5.74) is 0.890. The molecule has 92 valence electrons. The minimum Gasteiger partial charge on any atom is -0.490 e. The van der Waals surface area contributed by atoms with Crippen LogP contribution >= 0.6 is 11.5 Å². The zero-order chi connectivity index (χ0) is 12.4. The molecule has 0 saturated carbocycles. The predicted molar refractivity (Wildman–Crippen MR) is 65.4 cm³/mol. The molecule has 5 nitrogen and oxygen atoms in total. The highest BCUT2D eigenvalue weighted by Crippen LogP contribution is 2.30. The van der Waals surface area contributed by atoms with Crippen LogP contribution in [0.5, 0.6) is 11.5 Å². The quantitative estimate of drug-likeness (QED) is 0.774. The first-order valence-corrected chi connectivity index (χ1v) is 6.39. The van der Waals surface area contributed by atoms with Gasteiger partial charge < -0.3 is 9.47 Å². The van der Waals surface area contributed by atoms with Crippen molar-refractivity contribution in [3.8, 4) is 11.5 Å². The van der Waals surface area contributed by atoms with Gasteiger partial charge in [0.25, 0.3) is 0 Å². The molecule has 0 amide bonds. The average Bonchev–Trinajstić information content (AvgIpc) is 2.83.